The fourth-order valence-electron chi connectivity index (χ4n) is 2.51. The van der Waals surface area contributed by atoms with Gasteiger partial charge in [0.2, 0.25) is 0 Å². The molecule has 108 valence electrons. The minimum atomic E-state index is -0.599. The molecule has 0 radical (unpaired) electrons. The summed E-state index contributed by atoms with van der Waals surface area (Å²) in [6, 6.07) is 9.81. The minimum absolute atomic E-state index is 0.0935. The monoisotopic (exact) mass is 302 g/mol. The Labute approximate surface area is 125 Å². The number of aromatic nitrogens is 2. The molecule has 0 aromatic heterocycles. The van der Waals surface area contributed by atoms with Crippen LogP contribution in [0.4, 0.5) is 0 Å². The lowest BCUT2D eigenvalue weighted by Crippen LogP contribution is -2.19. The van der Waals surface area contributed by atoms with Crippen molar-refractivity contribution in [3.8, 4) is 21.8 Å². The average Bonchev–Trinajstić information content (AvgIpc) is 2.97. The molecule has 6 heteroatoms. The Kier molecular flexibility index (Phi) is 3.17. The summed E-state index contributed by atoms with van der Waals surface area (Å²) in [5, 5.41) is 0. The molecule has 2 aliphatic heterocycles. The molecule has 0 saturated heterocycles. The van der Waals surface area contributed by atoms with Gasteiger partial charge in [-0.2, -0.15) is 0 Å². The van der Waals surface area contributed by atoms with Gasteiger partial charge in [0.25, 0.3) is 5.56 Å². The van der Waals surface area contributed by atoms with Gasteiger partial charge in [0.05, 0.1) is 23.4 Å². The number of hydrogen-bond acceptors (Lipinski definition) is 4. The molecule has 3 rings (SSSR count). The molecule has 0 N–H and O–H groups in total. The first-order valence-electron chi connectivity index (χ1n) is 6.38. The molecule has 0 spiro atoms. The highest BCUT2D eigenvalue weighted by Gasteiger charge is 2.31. The predicted octanol–water partition coefficient (Wildman–Crippen LogP) is 2.34. The standard InChI is InChI=1S/C15H14N2O3S/c1-16-12-11(10(14(16)18)15(19)20-3)17(2)21-13(12)9-7-5-4-6-8-9/h4-8H,1-3H3. The fourth-order valence-corrected chi connectivity index (χ4v) is 3.61. The summed E-state index contributed by atoms with van der Waals surface area (Å²) >= 11 is 1.50. The molecule has 0 bridgehead atoms. The van der Waals surface area contributed by atoms with Crippen molar-refractivity contribution < 1.29 is 9.53 Å². The number of rotatable bonds is 2. The van der Waals surface area contributed by atoms with Crippen molar-refractivity contribution in [1.29, 1.82) is 0 Å². The van der Waals surface area contributed by atoms with Crippen LogP contribution < -0.4 is 5.56 Å². The highest BCUT2D eigenvalue weighted by molar-refractivity contribution is 7.11. The lowest BCUT2D eigenvalue weighted by molar-refractivity contribution is 0.0599. The summed E-state index contributed by atoms with van der Waals surface area (Å²) in [6.07, 6.45) is 0. The Hall–Kier alpha value is -2.34. The predicted molar refractivity (Wildman–Crippen MR) is 81.9 cm³/mol. The normalized spacial score (nSPS) is 11.0. The molecular formula is C15H14N2O3S. The first-order valence-corrected chi connectivity index (χ1v) is 7.16. The molecule has 5 nitrogen and oxygen atoms in total. The maximum absolute atomic E-state index is 12.3. The highest BCUT2D eigenvalue weighted by Crippen LogP contribution is 2.40. The first kappa shape index (κ1) is 13.6. The van der Waals surface area contributed by atoms with Gasteiger partial charge in [-0.15, -0.1) is 0 Å². The SMILES string of the molecule is COC(=O)c1c2n(C)sc(-c3ccccc3)c-2n(C)c1=O. The Balaban J connectivity index is 2.34. The number of fused-ring (bicyclic) bond motifs is 1. The van der Waals surface area contributed by atoms with E-state index in [9.17, 15) is 9.59 Å². The summed E-state index contributed by atoms with van der Waals surface area (Å²) in [7, 11) is 4.80. The number of ether oxygens (including phenoxy) is 1. The molecule has 2 aliphatic rings. The van der Waals surface area contributed by atoms with Crippen LogP contribution >= 0.6 is 11.5 Å². The van der Waals surface area contributed by atoms with Crippen LogP contribution in [-0.2, 0) is 18.8 Å². The third-order valence-corrected chi connectivity index (χ3v) is 4.57. The smallest absolute Gasteiger partial charge is 0.345 e. The second-order valence-electron chi connectivity index (χ2n) is 4.71. The fraction of sp³-hybridized carbons (Fsp3) is 0.200. The Morgan fingerprint density at radius 3 is 2.43 bits per heavy atom. The highest BCUT2D eigenvalue weighted by atomic mass is 32.1. The molecule has 0 saturated carbocycles. The van der Waals surface area contributed by atoms with Crippen LogP contribution in [0.5, 0.6) is 0 Å². The Morgan fingerprint density at radius 2 is 1.81 bits per heavy atom. The maximum Gasteiger partial charge on any atom is 0.345 e. The van der Waals surface area contributed by atoms with E-state index in [-0.39, 0.29) is 11.1 Å². The van der Waals surface area contributed by atoms with Crippen LogP contribution in [0, 0.1) is 0 Å². The maximum atomic E-state index is 12.3. The molecule has 21 heavy (non-hydrogen) atoms. The van der Waals surface area contributed by atoms with Gasteiger partial charge in [-0.1, -0.05) is 41.9 Å². The van der Waals surface area contributed by atoms with Gasteiger partial charge < -0.3 is 9.30 Å². The van der Waals surface area contributed by atoms with Gasteiger partial charge in [-0.05, 0) is 5.56 Å². The molecule has 0 unspecified atom stereocenters. The van der Waals surface area contributed by atoms with Crippen molar-refractivity contribution >= 4 is 17.5 Å². The zero-order valence-corrected chi connectivity index (χ0v) is 12.7. The van der Waals surface area contributed by atoms with E-state index < -0.39 is 5.97 Å². The number of hydrogen-bond donors (Lipinski definition) is 0. The van der Waals surface area contributed by atoms with Crippen molar-refractivity contribution in [2.24, 2.45) is 14.1 Å². The van der Waals surface area contributed by atoms with E-state index in [0.29, 0.717) is 5.69 Å². The van der Waals surface area contributed by atoms with Crippen LogP contribution in [0.1, 0.15) is 10.4 Å². The molecule has 2 heterocycles. The lowest BCUT2D eigenvalue weighted by Gasteiger charge is -2.01. The topological polar surface area (TPSA) is 53.2 Å². The van der Waals surface area contributed by atoms with Gasteiger partial charge in [0.1, 0.15) is 0 Å². The zero-order valence-electron chi connectivity index (χ0n) is 11.9. The van der Waals surface area contributed by atoms with E-state index >= 15 is 0 Å². The van der Waals surface area contributed by atoms with E-state index in [1.54, 1.807) is 7.05 Å². The van der Waals surface area contributed by atoms with Crippen molar-refractivity contribution in [1.82, 2.24) is 8.52 Å². The summed E-state index contributed by atoms with van der Waals surface area (Å²) in [4.78, 5) is 25.2. The molecule has 0 fully saturated rings. The second kappa shape index (κ2) is 4.89. The van der Waals surface area contributed by atoms with E-state index in [1.165, 1.54) is 23.2 Å². The second-order valence-corrected chi connectivity index (χ2v) is 5.85. The number of carbonyl (C=O) groups is 1. The van der Waals surface area contributed by atoms with E-state index in [4.69, 9.17) is 4.74 Å². The van der Waals surface area contributed by atoms with Gasteiger partial charge >= 0.3 is 5.97 Å². The molecule has 0 atom stereocenters. The molecule has 0 amide bonds. The number of methoxy groups -OCH3 is 1. The van der Waals surface area contributed by atoms with Crippen molar-refractivity contribution in [3.63, 3.8) is 0 Å². The van der Waals surface area contributed by atoms with Crippen LogP contribution in [0.2, 0.25) is 0 Å². The summed E-state index contributed by atoms with van der Waals surface area (Å²) < 4.78 is 8.10. The van der Waals surface area contributed by atoms with Crippen molar-refractivity contribution in [2.75, 3.05) is 7.11 Å². The quantitative estimate of drug-likeness (QED) is 0.683. The van der Waals surface area contributed by atoms with Crippen LogP contribution in [0.3, 0.4) is 0 Å². The molecule has 1 aromatic carbocycles. The van der Waals surface area contributed by atoms with Crippen molar-refractivity contribution in [3.05, 3.63) is 46.2 Å². The Bertz CT molecular complexity index is 842. The third-order valence-electron chi connectivity index (χ3n) is 3.50. The van der Waals surface area contributed by atoms with Crippen LogP contribution in [0.15, 0.2) is 35.1 Å². The van der Waals surface area contributed by atoms with E-state index in [0.717, 1.165) is 16.1 Å². The van der Waals surface area contributed by atoms with Gasteiger partial charge in [0.15, 0.2) is 5.56 Å². The Morgan fingerprint density at radius 1 is 1.14 bits per heavy atom. The van der Waals surface area contributed by atoms with Crippen molar-refractivity contribution in [2.45, 2.75) is 0 Å². The third kappa shape index (κ3) is 1.91. The molecule has 1 aromatic rings. The van der Waals surface area contributed by atoms with Gasteiger partial charge in [0, 0.05) is 14.1 Å². The summed E-state index contributed by atoms with van der Waals surface area (Å²) in [5.74, 6) is -0.599. The van der Waals surface area contributed by atoms with Crippen LogP contribution in [0.25, 0.3) is 21.8 Å². The zero-order chi connectivity index (χ0) is 15.1. The summed E-state index contributed by atoms with van der Waals surface area (Å²) in [5.41, 5.74) is 2.17. The van der Waals surface area contributed by atoms with Gasteiger partial charge in [-0.3, -0.25) is 8.75 Å². The molecular weight excluding hydrogens is 288 g/mol. The van der Waals surface area contributed by atoms with E-state index in [2.05, 4.69) is 0 Å². The largest absolute Gasteiger partial charge is 0.465 e. The first-order chi connectivity index (χ1) is 10.1. The molecule has 0 aliphatic carbocycles. The van der Waals surface area contributed by atoms with E-state index in [1.807, 2.05) is 41.3 Å². The number of esters is 1. The van der Waals surface area contributed by atoms with Crippen LogP contribution in [-0.4, -0.2) is 21.6 Å². The van der Waals surface area contributed by atoms with Gasteiger partial charge in [-0.25, -0.2) is 4.79 Å². The average molecular weight is 302 g/mol. The number of benzene rings is 1. The summed E-state index contributed by atoms with van der Waals surface area (Å²) in [6.45, 7) is 0. The number of aryl methyl sites for hydroxylation is 1. The lowest BCUT2D eigenvalue weighted by atomic mass is 10.1. The minimum Gasteiger partial charge on any atom is -0.465 e. The number of nitrogens with zero attached hydrogens (tertiary/aromatic N) is 2. The number of carbonyl (C=O) groups excluding carboxylic acids is 1.